The summed E-state index contributed by atoms with van der Waals surface area (Å²) in [6.45, 7) is 0. The van der Waals surface area contributed by atoms with Crippen LogP contribution in [-0.4, -0.2) is 29.4 Å². The summed E-state index contributed by atoms with van der Waals surface area (Å²) in [5, 5.41) is 11.8. The lowest BCUT2D eigenvalue weighted by molar-refractivity contribution is -0.380. The molecule has 0 aliphatic heterocycles. The van der Waals surface area contributed by atoms with Crippen molar-refractivity contribution in [3.63, 3.8) is 0 Å². The van der Waals surface area contributed by atoms with Gasteiger partial charge in [0.05, 0.1) is 10.6 Å². The number of halogens is 2. The first kappa shape index (κ1) is 18.8. The molecule has 3 aromatic heterocycles. The topological polar surface area (TPSA) is 99.6 Å². The van der Waals surface area contributed by atoms with E-state index in [0.29, 0.717) is 20.3 Å². The Labute approximate surface area is 176 Å². The number of hydrogen-bond acceptors (Lipinski definition) is 8. The lowest BCUT2D eigenvalue weighted by Crippen LogP contribution is -1.93. The van der Waals surface area contributed by atoms with Crippen LogP contribution in [0, 0.1) is 10.1 Å². The van der Waals surface area contributed by atoms with E-state index >= 15 is 0 Å². The monoisotopic (exact) mass is 450 g/mol. The van der Waals surface area contributed by atoms with E-state index in [1.807, 2.05) is 24.3 Å². The van der Waals surface area contributed by atoms with Gasteiger partial charge in [-0.05, 0) is 41.3 Å². The average Bonchev–Trinajstić information content (AvgIpc) is 3.30. The first-order valence-corrected chi connectivity index (χ1v) is 10.0. The molecular weight excluding hydrogens is 443 g/mol. The zero-order valence-electron chi connectivity index (χ0n) is 13.7. The van der Waals surface area contributed by atoms with Crippen molar-refractivity contribution in [2.45, 2.75) is 9.50 Å². The van der Waals surface area contributed by atoms with Gasteiger partial charge in [0.2, 0.25) is 0 Å². The Bertz CT molecular complexity index is 1160. The van der Waals surface area contributed by atoms with Crippen molar-refractivity contribution in [3.8, 4) is 16.9 Å². The number of nitrogens with zero attached hydrogens (tertiary/aromatic N) is 6. The summed E-state index contributed by atoms with van der Waals surface area (Å²) in [5.41, 5.74) is 2.40. The van der Waals surface area contributed by atoms with Gasteiger partial charge >= 0.3 is 5.00 Å². The molecule has 0 spiro atoms. The smallest absolute Gasteiger partial charge is 0.288 e. The molecule has 140 valence electrons. The Kier molecular flexibility index (Phi) is 5.27. The van der Waals surface area contributed by atoms with Crippen LogP contribution >= 0.6 is 46.3 Å². The van der Waals surface area contributed by atoms with Crippen molar-refractivity contribution in [2.75, 3.05) is 0 Å². The minimum atomic E-state index is -0.472. The van der Waals surface area contributed by atoms with E-state index in [1.165, 1.54) is 18.0 Å². The summed E-state index contributed by atoms with van der Waals surface area (Å²) in [5.74, 6) is 0. The average molecular weight is 451 g/mol. The molecule has 1 aromatic carbocycles. The largest absolute Gasteiger partial charge is 0.344 e. The summed E-state index contributed by atoms with van der Waals surface area (Å²) >= 11 is 14.2. The van der Waals surface area contributed by atoms with Crippen LogP contribution in [0.4, 0.5) is 5.00 Å². The number of nitro groups is 1. The summed E-state index contributed by atoms with van der Waals surface area (Å²) in [4.78, 5) is 27.0. The van der Waals surface area contributed by atoms with E-state index in [9.17, 15) is 10.1 Å². The Hall–Kier alpha value is -2.53. The Morgan fingerprint density at radius 2 is 1.89 bits per heavy atom. The molecule has 0 amide bonds. The molecule has 0 atom stereocenters. The number of aromatic nitrogens is 5. The maximum atomic E-state index is 10.8. The maximum absolute atomic E-state index is 10.8. The summed E-state index contributed by atoms with van der Waals surface area (Å²) in [6.07, 6.45) is 4.41. The number of imidazole rings is 1. The van der Waals surface area contributed by atoms with E-state index in [2.05, 4.69) is 19.9 Å². The van der Waals surface area contributed by atoms with E-state index in [0.717, 1.165) is 22.6 Å². The molecule has 0 bridgehead atoms. The Balaban J connectivity index is 1.57. The van der Waals surface area contributed by atoms with E-state index in [1.54, 1.807) is 23.2 Å². The van der Waals surface area contributed by atoms with Gasteiger partial charge in [0.15, 0.2) is 19.8 Å². The molecule has 0 aliphatic rings. The van der Waals surface area contributed by atoms with E-state index < -0.39 is 4.92 Å². The van der Waals surface area contributed by atoms with E-state index in [4.69, 9.17) is 23.2 Å². The second-order valence-corrected chi connectivity index (χ2v) is 8.23. The van der Waals surface area contributed by atoms with Crippen LogP contribution in [0.15, 0.2) is 58.5 Å². The molecule has 0 radical (unpaired) electrons. The molecule has 0 fully saturated rings. The fraction of sp³-hybridized carbons (Fsp3) is 0. The molecule has 0 saturated heterocycles. The summed E-state index contributed by atoms with van der Waals surface area (Å²) in [6, 6.07) is 9.32. The minimum absolute atomic E-state index is 0.0208. The van der Waals surface area contributed by atoms with Gasteiger partial charge in [-0.25, -0.2) is 19.9 Å². The fourth-order valence-electron chi connectivity index (χ4n) is 2.30. The quantitative estimate of drug-likeness (QED) is 0.235. The number of rotatable bonds is 5. The van der Waals surface area contributed by atoms with Gasteiger partial charge in [0.1, 0.15) is 12.5 Å². The second-order valence-electron chi connectivity index (χ2n) is 5.29. The van der Waals surface area contributed by atoms with Gasteiger partial charge < -0.3 is 0 Å². The first-order valence-electron chi connectivity index (χ1n) is 7.61. The first-order chi connectivity index (χ1) is 13.5. The lowest BCUT2D eigenvalue weighted by Gasteiger charge is -2.06. The van der Waals surface area contributed by atoms with Crippen LogP contribution in [0.1, 0.15) is 0 Å². The second kappa shape index (κ2) is 7.84. The number of hydrogen-bond donors (Lipinski definition) is 0. The molecule has 0 N–H and O–H groups in total. The maximum Gasteiger partial charge on any atom is 0.344 e. The molecule has 4 aromatic rings. The van der Waals surface area contributed by atoms with Crippen molar-refractivity contribution in [2.24, 2.45) is 0 Å². The van der Waals surface area contributed by atoms with Gasteiger partial charge in [-0.15, -0.1) is 0 Å². The molecule has 28 heavy (non-hydrogen) atoms. The van der Waals surface area contributed by atoms with Crippen LogP contribution in [0.3, 0.4) is 0 Å². The van der Waals surface area contributed by atoms with Crippen LogP contribution in [0.5, 0.6) is 0 Å². The van der Waals surface area contributed by atoms with Crippen LogP contribution < -0.4 is 0 Å². The predicted octanol–water partition coefficient (Wildman–Crippen LogP) is 5.15. The van der Waals surface area contributed by atoms with Gasteiger partial charge in [-0.1, -0.05) is 35.3 Å². The van der Waals surface area contributed by atoms with Crippen molar-refractivity contribution < 1.29 is 4.92 Å². The van der Waals surface area contributed by atoms with Crippen molar-refractivity contribution in [1.29, 1.82) is 0 Å². The third-order valence-corrected chi connectivity index (χ3v) is 6.21. The van der Waals surface area contributed by atoms with E-state index in [-0.39, 0.29) is 10.2 Å². The third kappa shape index (κ3) is 3.85. The molecule has 0 aliphatic carbocycles. The zero-order chi connectivity index (χ0) is 19.7. The third-order valence-electron chi connectivity index (χ3n) is 3.57. The molecule has 8 nitrogen and oxygen atoms in total. The lowest BCUT2D eigenvalue weighted by atomic mass is 10.1. The normalized spacial score (nSPS) is 10.9. The van der Waals surface area contributed by atoms with Crippen molar-refractivity contribution >= 4 is 51.3 Å². The zero-order valence-corrected chi connectivity index (χ0v) is 16.8. The Morgan fingerprint density at radius 3 is 2.54 bits per heavy atom. The predicted molar refractivity (Wildman–Crippen MR) is 108 cm³/mol. The van der Waals surface area contributed by atoms with Crippen molar-refractivity contribution in [1.82, 2.24) is 24.5 Å². The van der Waals surface area contributed by atoms with Crippen LogP contribution in [0.2, 0.25) is 10.3 Å². The molecular formula is C16H8Cl2N6O2S2. The molecule has 3 heterocycles. The highest BCUT2D eigenvalue weighted by atomic mass is 35.5. The highest BCUT2D eigenvalue weighted by molar-refractivity contribution is 8.00. The highest BCUT2D eigenvalue weighted by Crippen LogP contribution is 2.33. The minimum Gasteiger partial charge on any atom is -0.288 e. The van der Waals surface area contributed by atoms with Gasteiger partial charge in [-0.3, -0.25) is 14.7 Å². The van der Waals surface area contributed by atoms with Crippen molar-refractivity contribution in [3.05, 3.63) is 69.5 Å². The van der Waals surface area contributed by atoms with Crippen LogP contribution in [0.25, 0.3) is 16.9 Å². The SMILES string of the molecule is O=[N+]([O-])c1cnc(Sc2nccc(-c3ccc(-n4cnc(Cl)c4Cl)cc3)n2)s1. The summed E-state index contributed by atoms with van der Waals surface area (Å²) in [7, 11) is 0. The van der Waals surface area contributed by atoms with Gasteiger partial charge in [-0.2, -0.15) is 0 Å². The molecule has 12 heteroatoms. The molecule has 0 saturated carbocycles. The standard InChI is InChI=1S/C16H8Cl2N6O2S2/c17-13-14(18)23(8-21-13)10-3-1-9(2-4-10)11-5-6-19-15(22-11)28-16-20-7-12(27-16)24(25)26/h1-8H. The fourth-order valence-corrected chi connectivity index (χ4v) is 4.25. The summed E-state index contributed by atoms with van der Waals surface area (Å²) < 4.78 is 2.18. The van der Waals surface area contributed by atoms with Crippen LogP contribution in [-0.2, 0) is 0 Å². The number of benzene rings is 1. The molecule has 0 unspecified atom stereocenters. The van der Waals surface area contributed by atoms with Gasteiger partial charge in [0.25, 0.3) is 0 Å². The molecule has 4 rings (SSSR count). The number of thiazole rings is 1. The Morgan fingerprint density at radius 1 is 1.11 bits per heavy atom. The van der Waals surface area contributed by atoms with Gasteiger partial charge in [0, 0.05) is 17.4 Å². The highest BCUT2D eigenvalue weighted by Gasteiger charge is 2.14.